The van der Waals surface area contributed by atoms with Gasteiger partial charge in [-0.3, -0.25) is 9.69 Å². The molecule has 1 amide bonds. The summed E-state index contributed by atoms with van der Waals surface area (Å²) < 4.78 is 0. The molecule has 1 atom stereocenters. The second-order valence-electron chi connectivity index (χ2n) is 7.39. The molecular weight excluding hydrogens is 276 g/mol. The zero-order valence-electron chi connectivity index (χ0n) is 14.4. The molecule has 2 fully saturated rings. The largest absolute Gasteiger partial charge is 0.389 e. The molecule has 0 spiro atoms. The molecule has 4 heteroatoms. The van der Waals surface area contributed by atoms with Crippen molar-refractivity contribution in [3.05, 3.63) is 0 Å². The van der Waals surface area contributed by atoms with Gasteiger partial charge >= 0.3 is 0 Å². The van der Waals surface area contributed by atoms with Crippen LogP contribution < -0.4 is 5.32 Å². The van der Waals surface area contributed by atoms with E-state index >= 15 is 0 Å². The van der Waals surface area contributed by atoms with E-state index in [4.69, 9.17) is 0 Å². The molecule has 1 unspecified atom stereocenters. The number of nitrogens with one attached hydrogen (secondary N) is 1. The third kappa shape index (κ3) is 4.95. The Morgan fingerprint density at radius 2 is 1.82 bits per heavy atom. The van der Waals surface area contributed by atoms with Crippen molar-refractivity contribution >= 4 is 5.91 Å². The molecule has 1 heterocycles. The minimum Gasteiger partial charge on any atom is -0.389 e. The van der Waals surface area contributed by atoms with Crippen LogP contribution in [0, 0.1) is 0 Å². The van der Waals surface area contributed by atoms with E-state index in [2.05, 4.69) is 24.1 Å². The summed E-state index contributed by atoms with van der Waals surface area (Å²) >= 11 is 0. The van der Waals surface area contributed by atoms with E-state index in [-0.39, 0.29) is 18.4 Å². The van der Waals surface area contributed by atoms with Crippen LogP contribution in [-0.2, 0) is 4.79 Å². The lowest BCUT2D eigenvalue weighted by Gasteiger charge is -2.28. The molecule has 22 heavy (non-hydrogen) atoms. The van der Waals surface area contributed by atoms with Gasteiger partial charge < -0.3 is 10.4 Å². The quantitative estimate of drug-likeness (QED) is 0.725. The van der Waals surface area contributed by atoms with Gasteiger partial charge in [-0.15, -0.1) is 0 Å². The van der Waals surface area contributed by atoms with Crippen molar-refractivity contribution < 1.29 is 9.90 Å². The van der Waals surface area contributed by atoms with E-state index in [0.717, 1.165) is 38.4 Å². The fourth-order valence-electron chi connectivity index (χ4n) is 4.32. The van der Waals surface area contributed by atoms with Crippen molar-refractivity contribution in [3.8, 4) is 0 Å². The number of likely N-dealkylation sites (tertiary alicyclic amines) is 1. The molecule has 2 N–H and O–H groups in total. The Bertz CT molecular complexity index is 347. The highest BCUT2D eigenvalue weighted by Gasteiger charge is 2.33. The Hall–Kier alpha value is -0.610. The van der Waals surface area contributed by atoms with Gasteiger partial charge in [0.15, 0.2) is 0 Å². The van der Waals surface area contributed by atoms with Crippen molar-refractivity contribution in [1.29, 1.82) is 0 Å². The van der Waals surface area contributed by atoms with Crippen LogP contribution in [0.4, 0.5) is 0 Å². The molecule has 0 aromatic rings. The number of hydrogen-bond acceptors (Lipinski definition) is 3. The Morgan fingerprint density at radius 1 is 1.18 bits per heavy atom. The molecule has 0 bridgehead atoms. The third-order valence-electron chi connectivity index (χ3n) is 5.35. The Morgan fingerprint density at radius 3 is 2.41 bits per heavy atom. The van der Waals surface area contributed by atoms with Gasteiger partial charge in [0.2, 0.25) is 5.91 Å². The van der Waals surface area contributed by atoms with Gasteiger partial charge in [-0.25, -0.2) is 0 Å². The van der Waals surface area contributed by atoms with Gasteiger partial charge in [-0.05, 0) is 32.1 Å². The fourth-order valence-corrected chi connectivity index (χ4v) is 4.32. The lowest BCUT2D eigenvalue weighted by molar-refractivity contribution is -0.127. The first-order chi connectivity index (χ1) is 10.6. The van der Waals surface area contributed by atoms with Crippen LogP contribution in [0.5, 0.6) is 0 Å². The zero-order valence-corrected chi connectivity index (χ0v) is 14.4. The van der Waals surface area contributed by atoms with Gasteiger partial charge in [-0.1, -0.05) is 39.5 Å². The molecule has 1 aliphatic heterocycles. The summed E-state index contributed by atoms with van der Waals surface area (Å²) in [4.78, 5) is 14.9. The van der Waals surface area contributed by atoms with Gasteiger partial charge in [0.1, 0.15) is 0 Å². The highest BCUT2D eigenvalue weighted by Crippen LogP contribution is 2.27. The maximum Gasteiger partial charge on any atom is 0.223 e. The van der Waals surface area contributed by atoms with Crippen LogP contribution in [0.1, 0.15) is 78.1 Å². The van der Waals surface area contributed by atoms with Gasteiger partial charge in [0.25, 0.3) is 0 Å². The van der Waals surface area contributed by atoms with E-state index in [1.807, 2.05) is 0 Å². The summed E-state index contributed by atoms with van der Waals surface area (Å²) in [5.41, 5.74) is -0.808. The molecule has 0 radical (unpaired) electrons. The zero-order chi connectivity index (χ0) is 16.0. The number of hydrogen-bond donors (Lipinski definition) is 2. The summed E-state index contributed by atoms with van der Waals surface area (Å²) in [6.07, 6.45) is 9.96. The van der Waals surface area contributed by atoms with Crippen LogP contribution in [0.15, 0.2) is 0 Å². The van der Waals surface area contributed by atoms with Crippen molar-refractivity contribution in [2.75, 3.05) is 13.1 Å². The number of carbonyl (C=O) groups is 1. The highest BCUT2D eigenvalue weighted by molar-refractivity contribution is 5.77. The van der Waals surface area contributed by atoms with Crippen LogP contribution in [0.25, 0.3) is 0 Å². The van der Waals surface area contributed by atoms with Crippen molar-refractivity contribution in [3.63, 3.8) is 0 Å². The standard InChI is InChI=1S/C18H34N2O2/c1-3-10-18(22,11-4-2)13-17(21)19-15-9-12-20(14-15)16-7-5-6-8-16/h15-16,22H,3-14H2,1-2H3,(H,19,21). The Balaban J connectivity index is 1.76. The number of aliphatic hydroxyl groups is 1. The third-order valence-corrected chi connectivity index (χ3v) is 5.35. The van der Waals surface area contributed by atoms with E-state index in [1.54, 1.807) is 0 Å². The van der Waals surface area contributed by atoms with E-state index in [0.29, 0.717) is 12.8 Å². The number of rotatable bonds is 8. The molecule has 1 aliphatic carbocycles. The lowest BCUT2D eigenvalue weighted by atomic mass is 9.89. The minimum atomic E-state index is -0.808. The SMILES string of the molecule is CCCC(O)(CCC)CC(=O)NC1CCN(C2CCCC2)C1. The summed E-state index contributed by atoms with van der Waals surface area (Å²) in [6.45, 7) is 6.24. The number of carbonyl (C=O) groups excluding carboxylic acids is 1. The normalized spacial score (nSPS) is 24.0. The van der Waals surface area contributed by atoms with E-state index in [1.165, 1.54) is 25.7 Å². The monoisotopic (exact) mass is 310 g/mol. The molecule has 1 saturated carbocycles. The maximum atomic E-state index is 12.3. The number of nitrogens with zero attached hydrogens (tertiary/aromatic N) is 1. The summed E-state index contributed by atoms with van der Waals surface area (Å²) in [7, 11) is 0. The smallest absolute Gasteiger partial charge is 0.223 e. The van der Waals surface area contributed by atoms with Gasteiger partial charge in [-0.2, -0.15) is 0 Å². The van der Waals surface area contributed by atoms with Gasteiger partial charge in [0, 0.05) is 25.2 Å². The van der Waals surface area contributed by atoms with E-state index < -0.39 is 5.60 Å². The first-order valence-electron chi connectivity index (χ1n) is 9.32. The first-order valence-corrected chi connectivity index (χ1v) is 9.32. The summed E-state index contributed by atoms with van der Waals surface area (Å²) in [6, 6.07) is 1.03. The van der Waals surface area contributed by atoms with Crippen LogP contribution >= 0.6 is 0 Å². The fraction of sp³-hybridized carbons (Fsp3) is 0.944. The molecule has 0 aromatic heterocycles. The summed E-state index contributed by atoms with van der Waals surface area (Å²) in [5, 5.41) is 13.8. The average Bonchev–Trinajstić information content (AvgIpc) is 3.08. The molecule has 2 rings (SSSR count). The maximum absolute atomic E-state index is 12.3. The molecule has 2 aliphatic rings. The van der Waals surface area contributed by atoms with Crippen molar-refractivity contribution in [1.82, 2.24) is 10.2 Å². The first kappa shape index (κ1) is 17.7. The van der Waals surface area contributed by atoms with Crippen molar-refractivity contribution in [2.24, 2.45) is 0 Å². The topological polar surface area (TPSA) is 52.6 Å². The van der Waals surface area contributed by atoms with Gasteiger partial charge in [0.05, 0.1) is 12.0 Å². The summed E-state index contributed by atoms with van der Waals surface area (Å²) in [5.74, 6) is 0.0303. The second-order valence-corrected chi connectivity index (χ2v) is 7.39. The molecule has 4 nitrogen and oxygen atoms in total. The number of amides is 1. The molecule has 0 aromatic carbocycles. The second kappa shape index (κ2) is 8.30. The van der Waals surface area contributed by atoms with Crippen LogP contribution in [-0.4, -0.2) is 46.7 Å². The molecule has 128 valence electrons. The Kier molecular flexibility index (Phi) is 6.69. The Labute approximate surface area is 135 Å². The van der Waals surface area contributed by atoms with Crippen molar-refractivity contribution in [2.45, 2.75) is 95.7 Å². The molecular formula is C18H34N2O2. The lowest BCUT2D eigenvalue weighted by Crippen LogP contribution is -2.43. The average molecular weight is 310 g/mol. The highest BCUT2D eigenvalue weighted by atomic mass is 16.3. The molecule has 1 saturated heterocycles. The van der Waals surface area contributed by atoms with Crippen LogP contribution in [0.2, 0.25) is 0 Å². The minimum absolute atomic E-state index is 0.0303. The van der Waals surface area contributed by atoms with Crippen LogP contribution in [0.3, 0.4) is 0 Å². The van der Waals surface area contributed by atoms with E-state index in [9.17, 15) is 9.90 Å². The predicted molar refractivity (Wildman–Crippen MR) is 89.8 cm³/mol. The predicted octanol–water partition coefficient (Wildman–Crippen LogP) is 2.84.